The van der Waals surface area contributed by atoms with E-state index in [9.17, 15) is 4.79 Å². The number of nitrogens with one attached hydrogen (secondary N) is 1. The van der Waals surface area contributed by atoms with Crippen LogP contribution in [0, 0.1) is 6.92 Å². The fourth-order valence-electron chi connectivity index (χ4n) is 3.44. The lowest BCUT2D eigenvalue weighted by molar-refractivity contribution is -0.116. The van der Waals surface area contributed by atoms with Crippen molar-refractivity contribution < 1.29 is 9.21 Å². The fraction of sp³-hybridized carbons (Fsp3) is 0.381. The second kappa shape index (κ2) is 8.75. The number of aryl methyl sites for hydroxylation is 2. The number of anilines is 2. The average Bonchev–Trinajstić information content (AvgIpc) is 3.39. The molecule has 2 aromatic heterocycles. The number of thiophene rings is 1. The highest BCUT2D eigenvalue weighted by molar-refractivity contribution is 7.08. The van der Waals surface area contributed by atoms with Crippen LogP contribution < -0.4 is 10.2 Å². The van der Waals surface area contributed by atoms with E-state index in [1.54, 1.807) is 11.3 Å². The molecule has 0 saturated carbocycles. The van der Waals surface area contributed by atoms with Crippen molar-refractivity contribution in [3.8, 4) is 11.5 Å². The third kappa shape index (κ3) is 4.83. The predicted molar refractivity (Wildman–Crippen MR) is 115 cm³/mol. The number of carbonyl (C=O) groups excluding carboxylic acids is 1. The molecule has 8 heteroatoms. The maximum absolute atomic E-state index is 12.3. The molecule has 0 atom stereocenters. The van der Waals surface area contributed by atoms with Crippen molar-refractivity contribution in [2.24, 2.45) is 0 Å². The third-order valence-corrected chi connectivity index (χ3v) is 5.81. The number of hydrogen-bond acceptors (Lipinski definition) is 7. The molecule has 0 bridgehead atoms. The summed E-state index contributed by atoms with van der Waals surface area (Å²) in [5, 5.41) is 15.0. The van der Waals surface area contributed by atoms with Crippen LogP contribution in [0.15, 0.2) is 39.4 Å². The summed E-state index contributed by atoms with van der Waals surface area (Å²) in [6.45, 7) is 6.29. The maximum Gasteiger partial charge on any atom is 0.248 e. The Morgan fingerprint density at radius 1 is 1.21 bits per heavy atom. The number of rotatable bonds is 6. The van der Waals surface area contributed by atoms with Crippen LogP contribution in [-0.4, -0.2) is 54.2 Å². The van der Waals surface area contributed by atoms with Crippen LogP contribution in [0.1, 0.15) is 17.9 Å². The van der Waals surface area contributed by atoms with E-state index in [1.165, 1.54) is 11.3 Å². The molecule has 152 valence electrons. The van der Waals surface area contributed by atoms with E-state index in [2.05, 4.69) is 45.4 Å². The summed E-state index contributed by atoms with van der Waals surface area (Å²) in [6, 6.07) is 8.04. The van der Waals surface area contributed by atoms with Gasteiger partial charge in [0.2, 0.25) is 17.7 Å². The number of piperazine rings is 1. The molecule has 0 unspecified atom stereocenters. The monoisotopic (exact) mass is 411 g/mol. The van der Waals surface area contributed by atoms with Gasteiger partial charge in [0.25, 0.3) is 0 Å². The number of nitrogens with zero attached hydrogens (tertiary/aromatic N) is 4. The molecule has 0 radical (unpaired) electrons. The van der Waals surface area contributed by atoms with Gasteiger partial charge in [-0.15, -0.1) is 10.2 Å². The molecule has 1 saturated heterocycles. The highest BCUT2D eigenvalue weighted by atomic mass is 32.1. The van der Waals surface area contributed by atoms with Crippen LogP contribution >= 0.6 is 11.3 Å². The van der Waals surface area contributed by atoms with Crippen molar-refractivity contribution in [3.63, 3.8) is 0 Å². The van der Waals surface area contributed by atoms with E-state index in [1.807, 2.05) is 29.0 Å². The molecule has 1 N–H and O–H groups in total. The molecule has 7 nitrogen and oxygen atoms in total. The van der Waals surface area contributed by atoms with E-state index in [0.29, 0.717) is 24.6 Å². The molecule has 1 aliphatic rings. The Hall–Kier alpha value is -2.71. The molecular weight excluding hydrogens is 386 g/mol. The number of amides is 1. The molecule has 3 heterocycles. The van der Waals surface area contributed by atoms with Gasteiger partial charge in [-0.25, -0.2) is 0 Å². The molecular formula is C21H25N5O2S. The smallest absolute Gasteiger partial charge is 0.248 e. The van der Waals surface area contributed by atoms with E-state index in [0.717, 1.165) is 37.4 Å². The molecule has 1 amide bonds. The lowest BCUT2D eigenvalue weighted by atomic mass is 10.1. The summed E-state index contributed by atoms with van der Waals surface area (Å²) in [6.07, 6.45) is 0.714. The van der Waals surface area contributed by atoms with E-state index in [-0.39, 0.29) is 5.91 Å². The van der Waals surface area contributed by atoms with Gasteiger partial charge in [0.15, 0.2) is 0 Å². The minimum atomic E-state index is -0.0629. The molecule has 4 rings (SSSR count). The zero-order valence-electron chi connectivity index (χ0n) is 16.7. The minimum Gasteiger partial charge on any atom is -0.421 e. The topological polar surface area (TPSA) is 74.5 Å². The lowest BCUT2D eigenvalue weighted by Crippen LogP contribution is -2.44. The second-order valence-corrected chi connectivity index (χ2v) is 8.13. The molecule has 3 aromatic rings. The van der Waals surface area contributed by atoms with Gasteiger partial charge in [-0.05, 0) is 49.2 Å². The van der Waals surface area contributed by atoms with E-state index < -0.39 is 0 Å². The normalized spacial score (nSPS) is 14.9. The fourth-order valence-corrected chi connectivity index (χ4v) is 4.07. The Morgan fingerprint density at radius 2 is 2.03 bits per heavy atom. The molecule has 0 aliphatic carbocycles. The maximum atomic E-state index is 12.3. The van der Waals surface area contributed by atoms with Crippen LogP contribution in [0.3, 0.4) is 0 Å². The first kappa shape index (κ1) is 19.6. The van der Waals surface area contributed by atoms with Gasteiger partial charge < -0.3 is 19.5 Å². The van der Waals surface area contributed by atoms with Crippen molar-refractivity contribution in [1.82, 2.24) is 15.1 Å². The van der Waals surface area contributed by atoms with Crippen molar-refractivity contribution in [3.05, 3.63) is 46.5 Å². The van der Waals surface area contributed by atoms with Crippen molar-refractivity contribution in [2.45, 2.75) is 19.8 Å². The van der Waals surface area contributed by atoms with E-state index in [4.69, 9.17) is 4.42 Å². The summed E-state index contributed by atoms with van der Waals surface area (Å²) in [5.41, 5.74) is 4.14. The lowest BCUT2D eigenvalue weighted by Gasteiger charge is -2.35. The number of hydrogen-bond donors (Lipinski definition) is 1. The van der Waals surface area contributed by atoms with Crippen LogP contribution in [0.5, 0.6) is 0 Å². The van der Waals surface area contributed by atoms with Crippen molar-refractivity contribution in [2.75, 3.05) is 43.4 Å². The summed E-state index contributed by atoms with van der Waals surface area (Å²) in [5.74, 6) is 0.909. The molecule has 1 fully saturated rings. The molecule has 29 heavy (non-hydrogen) atoms. The highest BCUT2D eigenvalue weighted by Gasteiger charge is 2.16. The van der Waals surface area contributed by atoms with Crippen LogP contribution in [0.2, 0.25) is 0 Å². The Bertz CT molecular complexity index is 961. The Labute approximate surface area is 174 Å². The first-order valence-corrected chi connectivity index (χ1v) is 10.7. The van der Waals surface area contributed by atoms with Gasteiger partial charge in [-0.3, -0.25) is 4.79 Å². The Balaban J connectivity index is 1.31. The largest absolute Gasteiger partial charge is 0.421 e. The van der Waals surface area contributed by atoms with Crippen LogP contribution in [0.25, 0.3) is 11.5 Å². The summed E-state index contributed by atoms with van der Waals surface area (Å²) in [4.78, 5) is 17.1. The number of carbonyl (C=O) groups is 1. The van der Waals surface area contributed by atoms with Gasteiger partial charge in [0.05, 0.1) is 0 Å². The number of likely N-dealkylation sites (N-methyl/N-ethyl adjacent to an activating group) is 1. The minimum absolute atomic E-state index is 0.0629. The van der Waals surface area contributed by atoms with Gasteiger partial charge in [-0.2, -0.15) is 11.3 Å². The van der Waals surface area contributed by atoms with Crippen LogP contribution in [-0.2, 0) is 11.2 Å². The van der Waals surface area contributed by atoms with Crippen molar-refractivity contribution >= 4 is 28.6 Å². The van der Waals surface area contributed by atoms with Gasteiger partial charge in [0, 0.05) is 61.3 Å². The van der Waals surface area contributed by atoms with Gasteiger partial charge >= 0.3 is 0 Å². The van der Waals surface area contributed by atoms with Crippen LogP contribution in [0.4, 0.5) is 11.4 Å². The summed E-state index contributed by atoms with van der Waals surface area (Å²) in [7, 11) is 2.15. The third-order valence-electron chi connectivity index (χ3n) is 5.13. The Kier molecular flexibility index (Phi) is 5.92. The van der Waals surface area contributed by atoms with Crippen molar-refractivity contribution in [1.29, 1.82) is 0 Å². The zero-order chi connectivity index (χ0) is 20.2. The van der Waals surface area contributed by atoms with Gasteiger partial charge in [0.1, 0.15) is 0 Å². The number of benzene rings is 1. The van der Waals surface area contributed by atoms with E-state index >= 15 is 0 Å². The summed E-state index contributed by atoms with van der Waals surface area (Å²) >= 11 is 1.58. The standard InChI is InChI=1S/C21H25N5O2S/c1-15-13-17(3-4-18(15)26-10-8-25(2)9-11-26)22-19(27)5-6-20-23-24-21(28-20)16-7-12-29-14-16/h3-4,7,12-14H,5-6,8-11H2,1-2H3,(H,22,27). The van der Waals surface area contributed by atoms with Gasteiger partial charge in [-0.1, -0.05) is 0 Å². The second-order valence-electron chi connectivity index (χ2n) is 7.35. The summed E-state index contributed by atoms with van der Waals surface area (Å²) < 4.78 is 5.63. The highest BCUT2D eigenvalue weighted by Crippen LogP contribution is 2.25. The first-order chi connectivity index (χ1) is 14.1. The predicted octanol–water partition coefficient (Wildman–Crippen LogP) is 3.43. The SMILES string of the molecule is Cc1cc(NC(=O)CCc2nnc(-c3ccsc3)o2)ccc1N1CCN(C)CC1. The average molecular weight is 412 g/mol. The quantitative estimate of drug-likeness (QED) is 0.670. The number of aromatic nitrogens is 2. The molecule has 0 spiro atoms. The molecule has 1 aromatic carbocycles. The molecule has 1 aliphatic heterocycles. The Morgan fingerprint density at radius 3 is 2.76 bits per heavy atom. The first-order valence-electron chi connectivity index (χ1n) is 9.77. The zero-order valence-corrected chi connectivity index (χ0v) is 17.5.